The van der Waals surface area contributed by atoms with Gasteiger partial charge in [-0.2, -0.15) is 5.10 Å². The first-order valence-corrected chi connectivity index (χ1v) is 5.78. The summed E-state index contributed by atoms with van der Waals surface area (Å²) < 4.78 is 1.97. The molecular formula is C12H21N3. The molecule has 1 aliphatic carbocycles. The number of hydrogen-bond donors (Lipinski definition) is 0. The Morgan fingerprint density at radius 3 is 2.60 bits per heavy atom. The van der Waals surface area contributed by atoms with Gasteiger partial charge in [0.2, 0.25) is 0 Å². The SMILES string of the molecule is C[C@@H]1CC[C@@](C)(Cn2cncn2)C1(C)C. The standard InChI is InChI=1S/C12H21N3/c1-10-5-6-12(4,11(10,2)3)7-15-9-13-8-14-15/h8-10H,5-7H2,1-4H3/t10-,12+/m1/s1. The van der Waals surface area contributed by atoms with Gasteiger partial charge in [-0.1, -0.05) is 27.7 Å². The van der Waals surface area contributed by atoms with Gasteiger partial charge >= 0.3 is 0 Å². The van der Waals surface area contributed by atoms with Crippen LogP contribution in [-0.2, 0) is 6.54 Å². The summed E-state index contributed by atoms with van der Waals surface area (Å²) in [5, 5.41) is 4.22. The van der Waals surface area contributed by atoms with E-state index in [1.807, 2.05) is 11.0 Å². The van der Waals surface area contributed by atoms with Crippen LogP contribution in [-0.4, -0.2) is 14.8 Å². The molecule has 3 heteroatoms. The van der Waals surface area contributed by atoms with Crippen LogP contribution in [0.1, 0.15) is 40.5 Å². The Morgan fingerprint density at radius 1 is 1.40 bits per heavy atom. The molecule has 2 rings (SSSR count). The Hall–Kier alpha value is -0.860. The van der Waals surface area contributed by atoms with Crippen LogP contribution in [0.2, 0.25) is 0 Å². The van der Waals surface area contributed by atoms with Crippen molar-refractivity contribution in [2.24, 2.45) is 16.7 Å². The summed E-state index contributed by atoms with van der Waals surface area (Å²) in [6, 6.07) is 0. The molecule has 15 heavy (non-hydrogen) atoms. The fraction of sp³-hybridized carbons (Fsp3) is 0.833. The molecule has 2 atom stereocenters. The summed E-state index contributed by atoms with van der Waals surface area (Å²) in [6.07, 6.45) is 6.07. The van der Waals surface area contributed by atoms with E-state index in [1.54, 1.807) is 6.33 Å². The highest BCUT2D eigenvalue weighted by molar-refractivity contribution is 4.98. The molecule has 1 heterocycles. The van der Waals surface area contributed by atoms with E-state index in [1.165, 1.54) is 12.8 Å². The molecule has 1 saturated carbocycles. The first kappa shape index (κ1) is 10.7. The molecule has 1 aromatic rings. The smallest absolute Gasteiger partial charge is 0.137 e. The van der Waals surface area contributed by atoms with Gasteiger partial charge < -0.3 is 0 Å². The van der Waals surface area contributed by atoms with Gasteiger partial charge in [0.1, 0.15) is 12.7 Å². The van der Waals surface area contributed by atoms with Crippen LogP contribution in [0.3, 0.4) is 0 Å². The molecule has 0 aliphatic heterocycles. The molecular weight excluding hydrogens is 186 g/mol. The second-order valence-electron chi connectivity index (χ2n) is 5.82. The number of aromatic nitrogens is 3. The lowest BCUT2D eigenvalue weighted by Crippen LogP contribution is -2.37. The molecule has 1 aliphatic rings. The number of rotatable bonds is 2. The normalized spacial score (nSPS) is 34.5. The van der Waals surface area contributed by atoms with Crippen LogP contribution in [0.15, 0.2) is 12.7 Å². The molecule has 0 N–H and O–H groups in total. The molecule has 3 nitrogen and oxygen atoms in total. The Morgan fingerprint density at radius 2 is 2.13 bits per heavy atom. The molecule has 1 aromatic heterocycles. The maximum Gasteiger partial charge on any atom is 0.137 e. The molecule has 0 saturated heterocycles. The van der Waals surface area contributed by atoms with Crippen molar-refractivity contribution in [3.8, 4) is 0 Å². The second-order valence-corrected chi connectivity index (χ2v) is 5.82. The molecule has 0 bridgehead atoms. The van der Waals surface area contributed by atoms with Crippen LogP contribution in [0.4, 0.5) is 0 Å². The third-order valence-corrected chi connectivity index (χ3v) is 4.89. The van der Waals surface area contributed by atoms with Gasteiger partial charge in [0.25, 0.3) is 0 Å². The lowest BCUT2D eigenvalue weighted by Gasteiger charge is -2.40. The average Bonchev–Trinajstić information content (AvgIpc) is 2.71. The van der Waals surface area contributed by atoms with Crippen molar-refractivity contribution in [2.45, 2.75) is 47.1 Å². The van der Waals surface area contributed by atoms with E-state index in [-0.39, 0.29) is 0 Å². The third kappa shape index (κ3) is 1.58. The highest BCUT2D eigenvalue weighted by Gasteiger charge is 2.49. The fourth-order valence-electron chi connectivity index (χ4n) is 2.77. The highest BCUT2D eigenvalue weighted by Crippen LogP contribution is 2.56. The van der Waals surface area contributed by atoms with Gasteiger partial charge in [-0.15, -0.1) is 0 Å². The van der Waals surface area contributed by atoms with Crippen LogP contribution in [0.25, 0.3) is 0 Å². The average molecular weight is 207 g/mol. The van der Waals surface area contributed by atoms with Crippen LogP contribution in [0, 0.1) is 16.7 Å². The molecule has 0 spiro atoms. The quantitative estimate of drug-likeness (QED) is 0.746. The summed E-state index contributed by atoms with van der Waals surface area (Å²) in [5.74, 6) is 0.797. The summed E-state index contributed by atoms with van der Waals surface area (Å²) in [5.41, 5.74) is 0.735. The van der Waals surface area contributed by atoms with Gasteiger partial charge in [-0.05, 0) is 29.6 Å². The Balaban J connectivity index is 2.20. The predicted octanol–water partition coefficient (Wildman–Crippen LogP) is 2.74. The Bertz CT molecular complexity index is 329. The van der Waals surface area contributed by atoms with E-state index < -0.39 is 0 Å². The largest absolute Gasteiger partial charge is 0.252 e. The molecule has 0 unspecified atom stereocenters. The van der Waals surface area contributed by atoms with E-state index in [0.717, 1.165) is 12.5 Å². The van der Waals surface area contributed by atoms with Crippen molar-refractivity contribution in [1.29, 1.82) is 0 Å². The van der Waals surface area contributed by atoms with Gasteiger partial charge in [0.15, 0.2) is 0 Å². The van der Waals surface area contributed by atoms with Crippen molar-refractivity contribution >= 4 is 0 Å². The topological polar surface area (TPSA) is 30.7 Å². The van der Waals surface area contributed by atoms with Crippen LogP contribution < -0.4 is 0 Å². The van der Waals surface area contributed by atoms with Crippen molar-refractivity contribution in [3.05, 3.63) is 12.7 Å². The number of nitrogens with zero attached hydrogens (tertiary/aromatic N) is 3. The zero-order valence-electron chi connectivity index (χ0n) is 10.2. The number of hydrogen-bond acceptors (Lipinski definition) is 2. The van der Waals surface area contributed by atoms with Crippen molar-refractivity contribution in [1.82, 2.24) is 14.8 Å². The summed E-state index contributed by atoms with van der Waals surface area (Å²) in [7, 11) is 0. The summed E-state index contributed by atoms with van der Waals surface area (Å²) in [4.78, 5) is 4.01. The summed E-state index contributed by atoms with van der Waals surface area (Å²) >= 11 is 0. The van der Waals surface area contributed by atoms with Crippen molar-refractivity contribution in [2.75, 3.05) is 0 Å². The molecule has 0 radical (unpaired) electrons. The minimum absolute atomic E-state index is 0.347. The van der Waals surface area contributed by atoms with E-state index in [9.17, 15) is 0 Å². The van der Waals surface area contributed by atoms with Crippen molar-refractivity contribution < 1.29 is 0 Å². The van der Waals surface area contributed by atoms with Gasteiger partial charge in [-0.3, -0.25) is 4.68 Å². The Kier molecular flexibility index (Phi) is 2.36. The van der Waals surface area contributed by atoms with Crippen molar-refractivity contribution in [3.63, 3.8) is 0 Å². The minimum atomic E-state index is 0.347. The highest BCUT2D eigenvalue weighted by atomic mass is 15.3. The third-order valence-electron chi connectivity index (χ3n) is 4.89. The maximum absolute atomic E-state index is 4.22. The maximum atomic E-state index is 4.22. The monoisotopic (exact) mass is 207 g/mol. The van der Waals surface area contributed by atoms with E-state index in [2.05, 4.69) is 37.8 Å². The van der Waals surface area contributed by atoms with E-state index in [4.69, 9.17) is 0 Å². The van der Waals surface area contributed by atoms with Gasteiger partial charge in [0.05, 0.1) is 0 Å². The van der Waals surface area contributed by atoms with Gasteiger partial charge in [0, 0.05) is 6.54 Å². The fourth-order valence-corrected chi connectivity index (χ4v) is 2.77. The second kappa shape index (κ2) is 3.32. The summed E-state index contributed by atoms with van der Waals surface area (Å²) in [6.45, 7) is 10.5. The Labute approximate surface area is 91.9 Å². The first-order chi connectivity index (χ1) is 6.96. The lowest BCUT2D eigenvalue weighted by atomic mass is 9.66. The molecule has 84 valence electrons. The first-order valence-electron chi connectivity index (χ1n) is 5.78. The zero-order chi connectivity index (χ0) is 11.1. The van der Waals surface area contributed by atoms with Crippen LogP contribution in [0.5, 0.6) is 0 Å². The van der Waals surface area contributed by atoms with Gasteiger partial charge in [-0.25, -0.2) is 4.98 Å². The van der Waals surface area contributed by atoms with E-state index >= 15 is 0 Å². The molecule has 0 aromatic carbocycles. The molecule has 0 amide bonds. The van der Waals surface area contributed by atoms with Crippen LogP contribution >= 0.6 is 0 Å². The lowest BCUT2D eigenvalue weighted by molar-refractivity contribution is 0.0720. The molecule has 1 fully saturated rings. The zero-order valence-corrected chi connectivity index (χ0v) is 10.2. The minimum Gasteiger partial charge on any atom is -0.252 e. The predicted molar refractivity (Wildman–Crippen MR) is 60.3 cm³/mol. The van der Waals surface area contributed by atoms with E-state index in [0.29, 0.717) is 10.8 Å².